The third-order valence-electron chi connectivity index (χ3n) is 3.89. The number of hydrogen-bond donors (Lipinski definition) is 0. The predicted octanol–water partition coefficient (Wildman–Crippen LogP) is 1.38. The zero-order chi connectivity index (χ0) is 15.6. The van der Waals surface area contributed by atoms with E-state index in [-0.39, 0.29) is 11.7 Å². The Hall–Kier alpha value is -1.89. The van der Waals surface area contributed by atoms with Gasteiger partial charge in [0.05, 0.1) is 17.9 Å². The number of fused-ring (bicyclic) bond motifs is 1. The summed E-state index contributed by atoms with van der Waals surface area (Å²) in [6.45, 7) is 0.722. The third-order valence-corrected chi connectivity index (χ3v) is 5.05. The number of carbonyl (C=O) groups is 1. The quantitative estimate of drug-likeness (QED) is 0.579. The van der Waals surface area contributed by atoms with E-state index in [0.717, 1.165) is 19.3 Å². The van der Waals surface area contributed by atoms with E-state index < -0.39 is 10.0 Å². The smallest absolute Gasteiger partial charge is 0.339 e. The summed E-state index contributed by atoms with van der Waals surface area (Å²) < 4.78 is 31.9. The molecule has 22 heavy (non-hydrogen) atoms. The molecular formula is C15H18N2O4S. The van der Waals surface area contributed by atoms with Crippen molar-refractivity contribution in [3.8, 4) is 0 Å². The molecule has 0 radical (unpaired) electrons. The lowest BCUT2D eigenvalue weighted by Crippen LogP contribution is -2.37. The predicted molar refractivity (Wildman–Crippen MR) is 82.6 cm³/mol. The second-order valence-corrected chi connectivity index (χ2v) is 7.35. The summed E-state index contributed by atoms with van der Waals surface area (Å²) in [6, 6.07) is 0. The first kappa shape index (κ1) is 15.0. The minimum atomic E-state index is -3.37. The molecule has 0 saturated carbocycles. The van der Waals surface area contributed by atoms with Gasteiger partial charge < -0.3 is 9.64 Å². The SMILES string of the molecule is O=C(OC[C@H]1CC=CCC1)C1=CN2CCS(=O)(=O)N=C2C=C1. The van der Waals surface area contributed by atoms with Gasteiger partial charge in [-0.2, -0.15) is 0 Å². The van der Waals surface area contributed by atoms with Crippen LogP contribution in [0.1, 0.15) is 19.3 Å². The number of carbonyl (C=O) groups excluding carboxylic acids is 1. The van der Waals surface area contributed by atoms with Crippen molar-refractivity contribution >= 4 is 21.8 Å². The summed E-state index contributed by atoms with van der Waals surface area (Å²) in [7, 11) is -3.37. The van der Waals surface area contributed by atoms with Crippen LogP contribution in [-0.4, -0.2) is 44.0 Å². The van der Waals surface area contributed by atoms with Crippen LogP contribution in [0.4, 0.5) is 0 Å². The average molecular weight is 322 g/mol. The molecule has 0 bridgehead atoms. The lowest BCUT2D eigenvalue weighted by Gasteiger charge is -2.27. The Morgan fingerprint density at radius 2 is 2.23 bits per heavy atom. The lowest BCUT2D eigenvalue weighted by atomic mass is 9.95. The molecule has 0 aromatic carbocycles. The summed E-state index contributed by atoms with van der Waals surface area (Å²) >= 11 is 0. The minimum absolute atomic E-state index is 0.0441. The average Bonchev–Trinajstić information content (AvgIpc) is 2.52. The summed E-state index contributed by atoms with van der Waals surface area (Å²) in [6.07, 6.45) is 12.0. The van der Waals surface area contributed by atoms with Crippen molar-refractivity contribution in [1.82, 2.24) is 4.90 Å². The van der Waals surface area contributed by atoms with Crippen molar-refractivity contribution in [2.75, 3.05) is 18.9 Å². The van der Waals surface area contributed by atoms with E-state index in [4.69, 9.17) is 4.74 Å². The van der Waals surface area contributed by atoms with Crippen LogP contribution < -0.4 is 0 Å². The standard InChI is InChI=1S/C15H18N2O4S/c18-15(21-11-12-4-2-1-3-5-12)13-6-7-14-16-22(19,20)9-8-17(14)10-13/h1-2,6-7,10,12H,3-5,8-9,11H2/t12-/m0/s1. The number of esters is 1. The topological polar surface area (TPSA) is 76.0 Å². The van der Waals surface area contributed by atoms with E-state index >= 15 is 0 Å². The number of ether oxygens (including phenoxy) is 1. The Bertz CT molecular complexity index is 688. The third kappa shape index (κ3) is 3.47. The molecule has 0 N–H and O–H groups in total. The van der Waals surface area contributed by atoms with Crippen LogP contribution in [0.5, 0.6) is 0 Å². The van der Waals surface area contributed by atoms with Crippen LogP contribution in [0.3, 0.4) is 0 Å². The van der Waals surface area contributed by atoms with Gasteiger partial charge >= 0.3 is 5.97 Å². The number of rotatable bonds is 3. The van der Waals surface area contributed by atoms with Crippen LogP contribution >= 0.6 is 0 Å². The van der Waals surface area contributed by atoms with Gasteiger partial charge in [-0.3, -0.25) is 0 Å². The van der Waals surface area contributed by atoms with Gasteiger partial charge in [-0.25, -0.2) is 13.2 Å². The summed E-state index contributed by atoms with van der Waals surface area (Å²) in [5.74, 6) is 0.315. The Kier molecular flexibility index (Phi) is 4.15. The highest BCUT2D eigenvalue weighted by molar-refractivity contribution is 7.90. The van der Waals surface area contributed by atoms with Crippen molar-refractivity contribution in [3.63, 3.8) is 0 Å². The summed E-state index contributed by atoms with van der Waals surface area (Å²) in [4.78, 5) is 13.8. The Morgan fingerprint density at radius 3 is 3.00 bits per heavy atom. The minimum Gasteiger partial charge on any atom is -0.462 e. The summed E-state index contributed by atoms with van der Waals surface area (Å²) in [5.41, 5.74) is 0.421. The fraction of sp³-hybridized carbons (Fsp3) is 0.467. The lowest BCUT2D eigenvalue weighted by molar-refractivity contribution is -0.140. The first-order valence-corrected chi connectivity index (χ1v) is 8.96. The van der Waals surface area contributed by atoms with Crippen LogP contribution in [0.2, 0.25) is 0 Å². The van der Waals surface area contributed by atoms with E-state index in [2.05, 4.69) is 16.5 Å². The van der Waals surface area contributed by atoms with Crippen LogP contribution in [0.15, 0.2) is 40.5 Å². The second kappa shape index (κ2) is 6.08. The normalized spacial score (nSPS) is 26.0. The Labute approximate surface area is 129 Å². The van der Waals surface area contributed by atoms with E-state index in [1.165, 1.54) is 6.08 Å². The molecule has 0 aromatic rings. The maximum Gasteiger partial charge on any atom is 0.339 e. The highest BCUT2D eigenvalue weighted by Gasteiger charge is 2.25. The van der Waals surface area contributed by atoms with Gasteiger partial charge in [-0.15, -0.1) is 4.40 Å². The second-order valence-electron chi connectivity index (χ2n) is 5.60. The number of amidine groups is 1. The van der Waals surface area contributed by atoms with Gasteiger partial charge in [0, 0.05) is 12.7 Å². The molecule has 7 heteroatoms. The molecule has 0 saturated heterocycles. The molecule has 0 spiro atoms. The Balaban J connectivity index is 1.61. The molecule has 0 unspecified atom stereocenters. The van der Waals surface area contributed by atoms with Gasteiger partial charge in [0.2, 0.25) is 0 Å². The van der Waals surface area contributed by atoms with Crippen molar-refractivity contribution in [3.05, 3.63) is 36.1 Å². The molecular weight excluding hydrogens is 304 g/mol. The Morgan fingerprint density at radius 1 is 1.36 bits per heavy atom. The van der Waals surface area contributed by atoms with Gasteiger partial charge in [0.1, 0.15) is 5.84 Å². The van der Waals surface area contributed by atoms with E-state index in [0.29, 0.717) is 30.5 Å². The van der Waals surface area contributed by atoms with Gasteiger partial charge in [0.15, 0.2) is 0 Å². The highest BCUT2D eigenvalue weighted by atomic mass is 32.2. The summed E-state index contributed by atoms with van der Waals surface area (Å²) in [5, 5.41) is 0. The molecule has 0 fully saturated rings. The van der Waals surface area contributed by atoms with Crippen molar-refractivity contribution < 1.29 is 17.9 Å². The monoisotopic (exact) mass is 322 g/mol. The van der Waals surface area contributed by atoms with Gasteiger partial charge in [0.25, 0.3) is 10.0 Å². The number of sulfonamides is 1. The molecule has 2 aliphatic heterocycles. The van der Waals surface area contributed by atoms with E-state index in [1.807, 2.05) is 0 Å². The van der Waals surface area contributed by atoms with Crippen LogP contribution in [0.25, 0.3) is 0 Å². The molecule has 1 aliphatic carbocycles. The van der Waals surface area contributed by atoms with Crippen molar-refractivity contribution in [2.45, 2.75) is 19.3 Å². The largest absolute Gasteiger partial charge is 0.462 e. The molecule has 6 nitrogen and oxygen atoms in total. The first-order valence-electron chi connectivity index (χ1n) is 7.35. The maximum absolute atomic E-state index is 12.1. The van der Waals surface area contributed by atoms with Crippen LogP contribution in [-0.2, 0) is 19.6 Å². The van der Waals surface area contributed by atoms with Crippen molar-refractivity contribution in [1.29, 1.82) is 0 Å². The molecule has 3 aliphatic rings. The zero-order valence-electron chi connectivity index (χ0n) is 12.1. The van der Waals surface area contributed by atoms with E-state index in [9.17, 15) is 13.2 Å². The maximum atomic E-state index is 12.1. The van der Waals surface area contributed by atoms with Crippen molar-refractivity contribution in [2.24, 2.45) is 10.3 Å². The molecule has 0 aromatic heterocycles. The van der Waals surface area contributed by atoms with Crippen LogP contribution in [0, 0.1) is 5.92 Å². The zero-order valence-corrected chi connectivity index (χ0v) is 13.0. The fourth-order valence-electron chi connectivity index (χ4n) is 2.61. The molecule has 118 valence electrons. The molecule has 3 rings (SSSR count). The van der Waals surface area contributed by atoms with Gasteiger partial charge in [-0.1, -0.05) is 12.2 Å². The highest BCUT2D eigenvalue weighted by Crippen LogP contribution is 2.20. The van der Waals surface area contributed by atoms with E-state index in [1.54, 1.807) is 17.2 Å². The number of allylic oxidation sites excluding steroid dienone is 2. The molecule has 0 amide bonds. The molecule has 2 heterocycles. The number of nitrogens with zero attached hydrogens (tertiary/aromatic N) is 2. The number of hydrogen-bond acceptors (Lipinski definition) is 5. The fourth-order valence-corrected chi connectivity index (χ4v) is 3.58. The first-order chi connectivity index (χ1) is 10.5. The molecule has 1 atom stereocenters. The van der Waals surface area contributed by atoms with Gasteiger partial charge in [-0.05, 0) is 37.3 Å².